The highest BCUT2D eigenvalue weighted by Crippen LogP contribution is 2.29. The first kappa shape index (κ1) is 22.9. The third-order valence-corrected chi connectivity index (χ3v) is 7.81. The van der Waals surface area contributed by atoms with E-state index in [2.05, 4.69) is 10.8 Å². The average molecular weight is 482 g/mol. The van der Waals surface area contributed by atoms with E-state index in [1.807, 2.05) is 54.2 Å². The summed E-state index contributed by atoms with van der Waals surface area (Å²) in [5.41, 5.74) is 3.35. The van der Waals surface area contributed by atoms with Crippen LogP contribution in [0.2, 0.25) is 0 Å². The van der Waals surface area contributed by atoms with E-state index in [1.54, 1.807) is 18.3 Å². The second-order valence-electron chi connectivity index (χ2n) is 7.59. The maximum absolute atomic E-state index is 12.6. The van der Waals surface area contributed by atoms with Crippen LogP contribution >= 0.6 is 11.3 Å². The van der Waals surface area contributed by atoms with Gasteiger partial charge in [-0.15, -0.1) is 11.3 Å². The Morgan fingerprint density at radius 1 is 1.09 bits per heavy atom. The first-order chi connectivity index (χ1) is 15.7. The van der Waals surface area contributed by atoms with Crippen molar-refractivity contribution in [2.24, 2.45) is 0 Å². The van der Waals surface area contributed by atoms with Crippen LogP contribution < -0.4 is 4.72 Å². The summed E-state index contributed by atoms with van der Waals surface area (Å²) in [5.74, 6) is -1.16. The van der Waals surface area contributed by atoms with Gasteiger partial charge in [-0.3, -0.25) is 0 Å². The number of carboxylic acid groups (broad SMARTS) is 1. The summed E-state index contributed by atoms with van der Waals surface area (Å²) in [6.45, 7) is 3.76. The van der Waals surface area contributed by atoms with E-state index in [-0.39, 0.29) is 17.0 Å². The maximum Gasteiger partial charge on any atom is 0.335 e. The van der Waals surface area contributed by atoms with E-state index >= 15 is 0 Å². The Bertz CT molecular complexity index is 1410. The average Bonchev–Trinajstić information content (AvgIpc) is 3.44. The van der Waals surface area contributed by atoms with Crippen molar-refractivity contribution in [2.45, 2.75) is 25.2 Å². The second kappa shape index (κ2) is 9.30. The molecule has 2 heterocycles. The molecule has 0 aliphatic heterocycles. The molecule has 0 saturated carbocycles. The third-order valence-electron chi connectivity index (χ3n) is 5.29. The molecule has 0 radical (unpaired) electrons. The molecule has 0 amide bonds. The lowest BCUT2D eigenvalue weighted by Crippen LogP contribution is -2.26. The molecule has 0 spiro atoms. The van der Waals surface area contributed by atoms with E-state index in [4.69, 9.17) is 4.98 Å². The second-order valence-corrected chi connectivity index (χ2v) is 10.6. The minimum atomic E-state index is -3.83. The SMILES string of the molecule is Cc1ccc(S(=O)(=O)NCCc2nc(-c3cccc(-n4cccc4)c3)sc2C)cc1C(=O)O. The Morgan fingerprint density at radius 2 is 1.85 bits per heavy atom. The molecule has 0 aliphatic carbocycles. The third kappa shape index (κ3) is 5.05. The number of benzene rings is 2. The highest BCUT2D eigenvalue weighted by molar-refractivity contribution is 7.89. The fourth-order valence-corrected chi connectivity index (χ4v) is 5.49. The van der Waals surface area contributed by atoms with Gasteiger partial charge in [0.2, 0.25) is 10.0 Å². The maximum atomic E-state index is 12.6. The van der Waals surface area contributed by atoms with Crippen molar-refractivity contribution in [3.8, 4) is 16.3 Å². The van der Waals surface area contributed by atoms with Gasteiger partial charge in [0.15, 0.2) is 0 Å². The summed E-state index contributed by atoms with van der Waals surface area (Å²) < 4.78 is 29.9. The number of nitrogens with zero attached hydrogens (tertiary/aromatic N) is 2. The molecule has 0 aliphatic rings. The van der Waals surface area contributed by atoms with Gasteiger partial charge in [-0.25, -0.2) is 22.9 Å². The van der Waals surface area contributed by atoms with Crippen LogP contribution in [0.5, 0.6) is 0 Å². The Labute approximate surface area is 196 Å². The van der Waals surface area contributed by atoms with Crippen molar-refractivity contribution in [2.75, 3.05) is 6.54 Å². The number of sulfonamides is 1. The van der Waals surface area contributed by atoms with Crippen LogP contribution in [0.3, 0.4) is 0 Å². The molecule has 0 saturated heterocycles. The minimum Gasteiger partial charge on any atom is -0.478 e. The zero-order valence-electron chi connectivity index (χ0n) is 18.1. The summed E-state index contributed by atoms with van der Waals surface area (Å²) in [6.07, 6.45) is 4.39. The summed E-state index contributed by atoms with van der Waals surface area (Å²) in [7, 11) is -3.83. The molecule has 0 fully saturated rings. The predicted molar refractivity (Wildman–Crippen MR) is 129 cm³/mol. The van der Waals surface area contributed by atoms with E-state index in [0.29, 0.717) is 12.0 Å². The van der Waals surface area contributed by atoms with Crippen molar-refractivity contribution < 1.29 is 18.3 Å². The minimum absolute atomic E-state index is 0.0278. The summed E-state index contributed by atoms with van der Waals surface area (Å²) in [4.78, 5) is 17.0. The fraction of sp³-hybridized carbons (Fsp3) is 0.167. The van der Waals surface area contributed by atoms with Crippen LogP contribution in [0.1, 0.15) is 26.5 Å². The number of rotatable bonds is 8. The van der Waals surface area contributed by atoms with Gasteiger partial charge in [0.25, 0.3) is 0 Å². The number of aryl methyl sites for hydroxylation is 2. The van der Waals surface area contributed by atoms with E-state index in [1.165, 1.54) is 18.2 Å². The highest BCUT2D eigenvalue weighted by Gasteiger charge is 2.18. The topological polar surface area (TPSA) is 101 Å². The van der Waals surface area contributed by atoms with Gasteiger partial charge < -0.3 is 9.67 Å². The molecule has 0 bridgehead atoms. The first-order valence-corrected chi connectivity index (χ1v) is 12.6. The van der Waals surface area contributed by atoms with Crippen LogP contribution in [0.15, 0.2) is 71.9 Å². The number of aromatic carboxylic acids is 1. The molecule has 2 aromatic heterocycles. The molecule has 33 heavy (non-hydrogen) atoms. The molecule has 7 nitrogen and oxygen atoms in total. The van der Waals surface area contributed by atoms with Crippen LogP contribution in [-0.2, 0) is 16.4 Å². The van der Waals surface area contributed by atoms with Crippen molar-refractivity contribution in [1.29, 1.82) is 0 Å². The van der Waals surface area contributed by atoms with Gasteiger partial charge in [0.1, 0.15) is 5.01 Å². The Kier molecular flexibility index (Phi) is 6.46. The molecule has 2 N–H and O–H groups in total. The molecule has 2 aromatic carbocycles. The lowest BCUT2D eigenvalue weighted by atomic mass is 10.1. The van der Waals surface area contributed by atoms with Gasteiger partial charge >= 0.3 is 5.97 Å². The Balaban J connectivity index is 1.47. The summed E-state index contributed by atoms with van der Waals surface area (Å²) >= 11 is 1.57. The smallest absolute Gasteiger partial charge is 0.335 e. The van der Waals surface area contributed by atoms with Crippen molar-refractivity contribution >= 4 is 27.3 Å². The largest absolute Gasteiger partial charge is 0.478 e. The van der Waals surface area contributed by atoms with E-state index in [0.717, 1.165) is 26.8 Å². The quantitative estimate of drug-likeness (QED) is 0.388. The molecular formula is C24H23N3O4S2. The number of hydrogen-bond donors (Lipinski definition) is 2. The first-order valence-electron chi connectivity index (χ1n) is 10.3. The van der Waals surface area contributed by atoms with Gasteiger partial charge in [0.05, 0.1) is 16.2 Å². The molecule has 4 aromatic rings. The number of nitrogens with one attached hydrogen (secondary N) is 1. The lowest BCUT2D eigenvalue weighted by Gasteiger charge is -2.08. The number of hydrogen-bond acceptors (Lipinski definition) is 5. The highest BCUT2D eigenvalue weighted by atomic mass is 32.2. The molecule has 4 rings (SSSR count). The van der Waals surface area contributed by atoms with Crippen LogP contribution in [0, 0.1) is 13.8 Å². The lowest BCUT2D eigenvalue weighted by molar-refractivity contribution is 0.0696. The zero-order chi connectivity index (χ0) is 23.6. The number of carboxylic acids is 1. The number of carbonyl (C=O) groups is 1. The molecule has 9 heteroatoms. The Hall–Kier alpha value is -3.27. The van der Waals surface area contributed by atoms with E-state index in [9.17, 15) is 18.3 Å². The molecule has 0 atom stereocenters. The van der Waals surface area contributed by atoms with Gasteiger partial charge in [0, 0.05) is 41.5 Å². The zero-order valence-corrected chi connectivity index (χ0v) is 19.8. The predicted octanol–water partition coefficient (Wildman–Crippen LogP) is 4.44. The van der Waals surface area contributed by atoms with E-state index < -0.39 is 16.0 Å². The molecule has 0 unspecified atom stereocenters. The van der Waals surface area contributed by atoms with Gasteiger partial charge in [-0.2, -0.15) is 0 Å². The van der Waals surface area contributed by atoms with Crippen molar-refractivity contribution in [3.63, 3.8) is 0 Å². The van der Waals surface area contributed by atoms with Crippen molar-refractivity contribution in [1.82, 2.24) is 14.3 Å². The summed E-state index contributed by atoms with van der Waals surface area (Å²) in [5, 5.41) is 10.1. The van der Waals surface area contributed by atoms with Crippen LogP contribution in [0.25, 0.3) is 16.3 Å². The van der Waals surface area contributed by atoms with Crippen LogP contribution in [0.4, 0.5) is 0 Å². The summed E-state index contributed by atoms with van der Waals surface area (Å²) in [6, 6.07) is 16.1. The monoisotopic (exact) mass is 481 g/mol. The van der Waals surface area contributed by atoms with Gasteiger partial charge in [-0.1, -0.05) is 18.2 Å². The Morgan fingerprint density at radius 3 is 2.58 bits per heavy atom. The molecular weight excluding hydrogens is 458 g/mol. The number of aromatic nitrogens is 2. The normalized spacial score (nSPS) is 11.6. The van der Waals surface area contributed by atoms with Crippen LogP contribution in [-0.4, -0.2) is 35.6 Å². The fourth-order valence-electron chi connectivity index (χ4n) is 3.48. The van der Waals surface area contributed by atoms with Gasteiger partial charge in [-0.05, 0) is 55.8 Å². The number of thiazole rings is 1. The standard InChI is InChI=1S/C24H23N3O4S2/c1-16-8-9-20(15-21(16)24(28)29)33(30,31)25-11-10-22-17(2)32-23(26-22)18-6-5-7-19(14-18)27-12-3-4-13-27/h3-9,12-15,25H,10-11H2,1-2H3,(H,28,29). The molecule has 170 valence electrons. The van der Waals surface area contributed by atoms with Crippen molar-refractivity contribution in [3.05, 3.63) is 88.7 Å².